The van der Waals surface area contributed by atoms with Gasteiger partial charge in [0, 0.05) is 11.7 Å². The Kier molecular flexibility index (Phi) is 2.93. The molecule has 0 spiro atoms. The van der Waals surface area contributed by atoms with Gasteiger partial charge in [0.25, 0.3) is 5.91 Å². The maximum atomic E-state index is 12.2. The van der Waals surface area contributed by atoms with Gasteiger partial charge in [0.2, 0.25) is 0 Å². The Balaban J connectivity index is 1.93. The molecule has 1 aliphatic rings. The molecule has 0 aliphatic heterocycles. The normalized spacial score (nSPS) is 16.6. The summed E-state index contributed by atoms with van der Waals surface area (Å²) in [6.07, 6.45) is 3.98. The van der Waals surface area contributed by atoms with E-state index in [0.717, 1.165) is 5.69 Å². The van der Waals surface area contributed by atoms with E-state index in [0.29, 0.717) is 22.4 Å². The Hall–Kier alpha value is -1.62. The topological polar surface area (TPSA) is 59.3 Å². The number of aryl methyl sites for hydroxylation is 1. The Bertz CT molecular complexity index is 647. The number of nitrogens with one attached hydrogen (secondary N) is 1. The van der Waals surface area contributed by atoms with Crippen LogP contribution in [0.1, 0.15) is 35.9 Å². The highest BCUT2D eigenvalue weighted by Gasteiger charge is 2.30. The molecule has 1 atom stereocenters. The second kappa shape index (κ2) is 4.49. The van der Waals surface area contributed by atoms with Crippen LogP contribution in [0.3, 0.4) is 0 Å². The van der Waals surface area contributed by atoms with Gasteiger partial charge in [0.05, 0.1) is 0 Å². The zero-order valence-electron chi connectivity index (χ0n) is 10.9. The van der Waals surface area contributed by atoms with Crippen molar-refractivity contribution in [1.82, 2.24) is 19.7 Å². The van der Waals surface area contributed by atoms with Crippen molar-refractivity contribution >= 4 is 23.2 Å². The van der Waals surface area contributed by atoms with E-state index in [1.54, 1.807) is 16.8 Å². The molecule has 2 aromatic heterocycles. The predicted molar refractivity (Wildman–Crippen MR) is 72.4 cm³/mol. The largest absolute Gasteiger partial charge is 0.348 e. The van der Waals surface area contributed by atoms with Crippen molar-refractivity contribution in [3.63, 3.8) is 0 Å². The summed E-state index contributed by atoms with van der Waals surface area (Å²) in [5.74, 6) is 0.423. The third-order valence-corrected chi connectivity index (χ3v) is 3.76. The fourth-order valence-electron chi connectivity index (χ4n) is 2.23. The summed E-state index contributed by atoms with van der Waals surface area (Å²) >= 11 is 5.94. The number of imidazole rings is 1. The van der Waals surface area contributed by atoms with Crippen LogP contribution in [-0.2, 0) is 0 Å². The van der Waals surface area contributed by atoms with Crippen LogP contribution < -0.4 is 5.32 Å². The van der Waals surface area contributed by atoms with Gasteiger partial charge in [0.1, 0.15) is 11.5 Å². The van der Waals surface area contributed by atoms with Crippen LogP contribution in [-0.4, -0.2) is 26.3 Å². The van der Waals surface area contributed by atoms with Crippen LogP contribution >= 0.6 is 11.6 Å². The van der Waals surface area contributed by atoms with Gasteiger partial charge >= 0.3 is 0 Å². The summed E-state index contributed by atoms with van der Waals surface area (Å²) < 4.78 is 1.77. The summed E-state index contributed by atoms with van der Waals surface area (Å²) in [5, 5.41) is 3.35. The molecule has 19 heavy (non-hydrogen) atoms. The molecule has 0 unspecified atom stereocenters. The molecule has 2 heterocycles. The van der Waals surface area contributed by atoms with Crippen LogP contribution in [0.5, 0.6) is 0 Å². The van der Waals surface area contributed by atoms with E-state index in [2.05, 4.69) is 15.3 Å². The van der Waals surface area contributed by atoms with Crippen molar-refractivity contribution in [2.24, 2.45) is 5.92 Å². The lowest BCUT2D eigenvalue weighted by atomic mass is 10.2. The molecule has 0 saturated heterocycles. The Morgan fingerprint density at radius 2 is 2.32 bits per heavy atom. The predicted octanol–water partition coefficient (Wildman–Crippen LogP) is 2.22. The maximum absolute atomic E-state index is 12.2. The van der Waals surface area contributed by atoms with E-state index in [-0.39, 0.29) is 11.9 Å². The minimum Gasteiger partial charge on any atom is -0.348 e. The number of hydrogen-bond acceptors (Lipinski definition) is 3. The van der Waals surface area contributed by atoms with E-state index in [9.17, 15) is 4.79 Å². The number of rotatable bonds is 3. The van der Waals surface area contributed by atoms with Gasteiger partial charge in [-0.3, -0.25) is 9.20 Å². The number of carbonyl (C=O) groups excluding carboxylic acids is 1. The minimum atomic E-state index is -0.184. The van der Waals surface area contributed by atoms with Gasteiger partial charge in [-0.05, 0) is 38.7 Å². The number of aromatic nitrogens is 3. The summed E-state index contributed by atoms with van der Waals surface area (Å²) in [5.41, 5.74) is 1.74. The summed E-state index contributed by atoms with van der Waals surface area (Å²) in [7, 11) is 0. The quantitative estimate of drug-likeness (QED) is 0.876. The molecule has 3 rings (SSSR count). The van der Waals surface area contributed by atoms with Crippen molar-refractivity contribution in [2.75, 3.05) is 0 Å². The first-order chi connectivity index (χ1) is 9.06. The van der Waals surface area contributed by atoms with Gasteiger partial charge in [-0.2, -0.15) is 0 Å². The monoisotopic (exact) mass is 278 g/mol. The second-order valence-corrected chi connectivity index (χ2v) is 5.49. The lowest BCUT2D eigenvalue weighted by molar-refractivity contribution is 0.0933. The molecular formula is C13H15ClN4O. The highest BCUT2D eigenvalue weighted by molar-refractivity contribution is 6.29. The van der Waals surface area contributed by atoms with Gasteiger partial charge in [-0.25, -0.2) is 9.97 Å². The van der Waals surface area contributed by atoms with E-state index >= 15 is 0 Å². The zero-order chi connectivity index (χ0) is 13.6. The third kappa shape index (κ3) is 2.30. The first kappa shape index (κ1) is 12.4. The number of amides is 1. The molecular weight excluding hydrogens is 264 g/mol. The van der Waals surface area contributed by atoms with Crippen LogP contribution in [0, 0.1) is 12.8 Å². The lowest BCUT2D eigenvalue weighted by Gasteiger charge is -2.11. The molecule has 0 aromatic carbocycles. The molecule has 0 radical (unpaired) electrons. The van der Waals surface area contributed by atoms with E-state index in [4.69, 9.17) is 11.6 Å². The van der Waals surface area contributed by atoms with Gasteiger partial charge in [-0.1, -0.05) is 11.6 Å². The maximum Gasteiger partial charge on any atom is 0.274 e. The SMILES string of the molecule is Cc1cc(Cl)nc2c(C(=O)N[C@@H](C)C3CC3)ncn12. The van der Waals surface area contributed by atoms with Crippen LogP contribution in [0.4, 0.5) is 0 Å². The Morgan fingerprint density at radius 3 is 3.00 bits per heavy atom. The molecule has 1 N–H and O–H groups in total. The first-order valence-corrected chi connectivity index (χ1v) is 6.75. The van der Waals surface area contributed by atoms with E-state index < -0.39 is 0 Å². The fraction of sp³-hybridized carbons (Fsp3) is 0.462. The number of carbonyl (C=O) groups is 1. The van der Waals surface area contributed by atoms with Crippen molar-refractivity contribution in [3.8, 4) is 0 Å². The smallest absolute Gasteiger partial charge is 0.274 e. The van der Waals surface area contributed by atoms with Crippen LogP contribution in [0.15, 0.2) is 12.4 Å². The molecule has 100 valence electrons. The highest BCUT2D eigenvalue weighted by Crippen LogP contribution is 2.32. The highest BCUT2D eigenvalue weighted by atomic mass is 35.5. The van der Waals surface area contributed by atoms with E-state index in [1.807, 2.05) is 13.8 Å². The van der Waals surface area contributed by atoms with Gasteiger partial charge in [-0.15, -0.1) is 0 Å². The fourth-order valence-corrected chi connectivity index (χ4v) is 2.47. The summed E-state index contributed by atoms with van der Waals surface area (Å²) in [4.78, 5) is 20.6. The average Bonchev–Trinajstić information content (AvgIpc) is 3.09. The summed E-state index contributed by atoms with van der Waals surface area (Å²) in [6.45, 7) is 3.93. The molecule has 1 amide bonds. The number of hydrogen-bond donors (Lipinski definition) is 1. The Labute approximate surface area is 116 Å². The average molecular weight is 279 g/mol. The molecule has 1 fully saturated rings. The first-order valence-electron chi connectivity index (χ1n) is 6.37. The van der Waals surface area contributed by atoms with Crippen molar-refractivity contribution < 1.29 is 4.79 Å². The molecule has 1 aliphatic carbocycles. The van der Waals surface area contributed by atoms with Crippen molar-refractivity contribution in [1.29, 1.82) is 0 Å². The Morgan fingerprint density at radius 1 is 1.58 bits per heavy atom. The van der Waals surface area contributed by atoms with Gasteiger partial charge < -0.3 is 5.32 Å². The molecule has 2 aromatic rings. The van der Waals surface area contributed by atoms with Crippen LogP contribution in [0.2, 0.25) is 5.15 Å². The summed E-state index contributed by atoms with van der Waals surface area (Å²) in [6, 6.07) is 1.93. The molecule has 1 saturated carbocycles. The van der Waals surface area contributed by atoms with E-state index in [1.165, 1.54) is 12.8 Å². The number of nitrogens with zero attached hydrogens (tertiary/aromatic N) is 3. The number of fused-ring (bicyclic) bond motifs is 1. The molecule has 0 bridgehead atoms. The van der Waals surface area contributed by atoms with Crippen LogP contribution in [0.25, 0.3) is 5.65 Å². The third-order valence-electron chi connectivity index (χ3n) is 3.57. The minimum absolute atomic E-state index is 0.184. The lowest BCUT2D eigenvalue weighted by Crippen LogP contribution is -2.34. The van der Waals surface area contributed by atoms with Gasteiger partial charge in [0.15, 0.2) is 11.3 Å². The molecule has 6 heteroatoms. The van der Waals surface area contributed by atoms with Crippen molar-refractivity contribution in [3.05, 3.63) is 28.9 Å². The second-order valence-electron chi connectivity index (χ2n) is 5.11. The van der Waals surface area contributed by atoms with Crippen molar-refractivity contribution in [2.45, 2.75) is 32.7 Å². The molecule has 5 nitrogen and oxygen atoms in total. The standard InChI is InChI=1S/C13H15ClN4O/c1-7-5-10(14)17-12-11(15-6-18(7)12)13(19)16-8(2)9-3-4-9/h5-6,8-9H,3-4H2,1-2H3,(H,16,19)/t8-/m0/s1. The zero-order valence-corrected chi connectivity index (χ0v) is 11.6. The number of halogens is 1.